The van der Waals surface area contributed by atoms with Gasteiger partial charge in [-0.1, -0.05) is 20.8 Å². The smallest absolute Gasteiger partial charge is 0.257 e. The molecule has 1 aliphatic rings. The number of anilines is 1. The van der Waals surface area contributed by atoms with Crippen molar-refractivity contribution in [2.24, 2.45) is 7.05 Å². The molecular formula is C18H24N8O. The van der Waals surface area contributed by atoms with Gasteiger partial charge in [0.1, 0.15) is 5.82 Å². The zero-order valence-electron chi connectivity index (χ0n) is 16.3. The van der Waals surface area contributed by atoms with Crippen LogP contribution in [-0.4, -0.2) is 66.6 Å². The summed E-state index contributed by atoms with van der Waals surface area (Å²) in [5.41, 5.74) is 1.21. The van der Waals surface area contributed by atoms with E-state index in [-0.39, 0.29) is 17.4 Å². The van der Waals surface area contributed by atoms with Crippen LogP contribution >= 0.6 is 0 Å². The van der Waals surface area contributed by atoms with Crippen LogP contribution in [0.15, 0.2) is 24.5 Å². The third-order valence-corrected chi connectivity index (χ3v) is 4.93. The predicted octanol–water partition coefficient (Wildman–Crippen LogP) is 1.12. The number of carbonyl (C=O) groups is 1. The highest BCUT2D eigenvalue weighted by Crippen LogP contribution is 2.25. The van der Waals surface area contributed by atoms with E-state index in [0.29, 0.717) is 5.56 Å². The van der Waals surface area contributed by atoms with Crippen molar-refractivity contribution in [2.75, 3.05) is 25.0 Å². The number of fused-ring (bicyclic) bond motifs is 1. The largest absolute Gasteiger partial charge is 0.351 e. The normalized spacial score (nSPS) is 15.2. The summed E-state index contributed by atoms with van der Waals surface area (Å²) in [6.07, 6.45) is 3.34. The number of nitrogens with zero attached hydrogens (tertiary/aromatic N) is 8. The van der Waals surface area contributed by atoms with E-state index in [2.05, 4.69) is 41.0 Å². The predicted molar refractivity (Wildman–Crippen MR) is 101 cm³/mol. The van der Waals surface area contributed by atoms with Gasteiger partial charge in [0.2, 0.25) is 0 Å². The Morgan fingerprint density at radius 3 is 2.59 bits per heavy atom. The van der Waals surface area contributed by atoms with Crippen molar-refractivity contribution in [2.45, 2.75) is 32.2 Å². The molecule has 9 heteroatoms. The molecule has 142 valence electrons. The van der Waals surface area contributed by atoms with Crippen molar-refractivity contribution in [3.8, 4) is 0 Å². The third kappa shape index (κ3) is 3.02. The van der Waals surface area contributed by atoms with Gasteiger partial charge in [-0.3, -0.25) is 9.48 Å². The van der Waals surface area contributed by atoms with E-state index < -0.39 is 0 Å². The molecule has 0 atom stereocenters. The summed E-state index contributed by atoms with van der Waals surface area (Å²) >= 11 is 0. The van der Waals surface area contributed by atoms with Crippen LogP contribution in [0.2, 0.25) is 0 Å². The Labute approximate surface area is 157 Å². The summed E-state index contributed by atoms with van der Waals surface area (Å²) < 4.78 is 3.45. The van der Waals surface area contributed by atoms with Crippen LogP contribution in [0.5, 0.6) is 0 Å². The first-order valence-electron chi connectivity index (χ1n) is 8.98. The summed E-state index contributed by atoms with van der Waals surface area (Å²) in [7, 11) is 3.64. The Morgan fingerprint density at radius 1 is 1.22 bits per heavy atom. The van der Waals surface area contributed by atoms with Crippen LogP contribution in [0, 0.1) is 0 Å². The van der Waals surface area contributed by atoms with Gasteiger partial charge >= 0.3 is 0 Å². The molecule has 0 N–H and O–H groups in total. The molecule has 3 aromatic rings. The molecule has 0 spiro atoms. The van der Waals surface area contributed by atoms with Gasteiger partial charge in [-0.05, 0) is 12.1 Å². The van der Waals surface area contributed by atoms with Crippen molar-refractivity contribution in [3.63, 3.8) is 0 Å². The molecule has 4 heterocycles. The van der Waals surface area contributed by atoms with Crippen LogP contribution in [-0.2, 0) is 12.5 Å². The molecule has 0 bridgehead atoms. The van der Waals surface area contributed by atoms with Crippen LogP contribution in [0.1, 0.15) is 37.0 Å². The van der Waals surface area contributed by atoms with Crippen molar-refractivity contribution < 1.29 is 4.79 Å². The lowest BCUT2D eigenvalue weighted by atomic mass is 9.96. The quantitative estimate of drug-likeness (QED) is 0.689. The van der Waals surface area contributed by atoms with Gasteiger partial charge in [0.25, 0.3) is 5.91 Å². The Bertz CT molecular complexity index is 992. The molecule has 9 nitrogen and oxygen atoms in total. The highest BCUT2D eigenvalue weighted by atomic mass is 16.2. The molecule has 3 aromatic heterocycles. The van der Waals surface area contributed by atoms with Gasteiger partial charge in [0.15, 0.2) is 11.5 Å². The average Bonchev–Trinajstić information content (AvgIpc) is 3.18. The molecule has 1 saturated heterocycles. The van der Waals surface area contributed by atoms with E-state index in [9.17, 15) is 4.79 Å². The number of aromatic nitrogens is 6. The topological polar surface area (TPSA) is 84.5 Å². The molecule has 1 fully saturated rings. The summed E-state index contributed by atoms with van der Waals surface area (Å²) in [5, 5.41) is 17.3. The van der Waals surface area contributed by atoms with Gasteiger partial charge in [-0.15, -0.1) is 15.3 Å². The number of carbonyl (C=O) groups excluding carboxylic acids is 1. The first-order chi connectivity index (χ1) is 12.7. The molecule has 1 aliphatic heterocycles. The van der Waals surface area contributed by atoms with Crippen molar-refractivity contribution in [3.05, 3.63) is 35.9 Å². The SMILES string of the molecule is CN(C(=O)c1cnn(C)c1)C1CN(c2ccc3nnc(C(C)(C)C)n3n2)C1. The lowest BCUT2D eigenvalue weighted by molar-refractivity contribution is 0.0705. The second-order valence-corrected chi connectivity index (χ2v) is 8.11. The molecule has 27 heavy (non-hydrogen) atoms. The number of hydrogen-bond acceptors (Lipinski definition) is 6. The van der Waals surface area contributed by atoms with E-state index in [1.165, 1.54) is 0 Å². The molecule has 0 aromatic carbocycles. The maximum atomic E-state index is 12.5. The van der Waals surface area contributed by atoms with Crippen LogP contribution < -0.4 is 4.90 Å². The van der Waals surface area contributed by atoms with E-state index in [4.69, 9.17) is 5.10 Å². The lowest BCUT2D eigenvalue weighted by Gasteiger charge is -2.44. The average molecular weight is 368 g/mol. The zero-order valence-corrected chi connectivity index (χ0v) is 16.3. The molecule has 1 amide bonds. The van der Waals surface area contributed by atoms with Crippen molar-refractivity contribution in [1.29, 1.82) is 0 Å². The monoisotopic (exact) mass is 368 g/mol. The Hall–Kier alpha value is -2.97. The van der Waals surface area contributed by atoms with Crippen molar-refractivity contribution >= 4 is 17.4 Å². The van der Waals surface area contributed by atoms with Gasteiger partial charge in [0.05, 0.1) is 17.8 Å². The van der Waals surface area contributed by atoms with Gasteiger partial charge in [0, 0.05) is 38.8 Å². The molecule has 0 aliphatic carbocycles. The van der Waals surface area contributed by atoms with E-state index in [1.54, 1.807) is 29.0 Å². The number of hydrogen-bond donors (Lipinski definition) is 0. The van der Waals surface area contributed by atoms with Gasteiger partial charge in [-0.2, -0.15) is 9.61 Å². The number of rotatable bonds is 3. The maximum absolute atomic E-state index is 12.5. The van der Waals surface area contributed by atoms with Gasteiger partial charge in [-0.25, -0.2) is 0 Å². The minimum absolute atomic E-state index is 0.00927. The highest BCUT2D eigenvalue weighted by Gasteiger charge is 2.34. The maximum Gasteiger partial charge on any atom is 0.257 e. The standard InChI is InChI=1S/C18H24N8O/c1-18(2,3)17-21-20-14-6-7-15(22-26(14)17)25-10-13(11-25)24(5)16(27)12-8-19-23(4)9-12/h6-9,13H,10-11H2,1-5H3. The van der Waals surface area contributed by atoms with E-state index in [1.807, 2.05) is 23.7 Å². The Morgan fingerprint density at radius 2 is 1.96 bits per heavy atom. The summed E-state index contributed by atoms with van der Waals surface area (Å²) in [6, 6.07) is 4.04. The fraction of sp³-hybridized carbons (Fsp3) is 0.500. The molecule has 0 unspecified atom stereocenters. The van der Waals surface area contributed by atoms with Gasteiger partial charge < -0.3 is 9.80 Å². The van der Waals surface area contributed by atoms with E-state index >= 15 is 0 Å². The number of amides is 1. The Balaban J connectivity index is 1.48. The molecule has 0 radical (unpaired) electrons. The number of aryl methyl sites for hydroxylation is 1. The van der Waals surface area contributed by atoms with Crippen LogP contribution in [0.4, 0.5) is 5.82 Å². The van der Waals surface area contributed by atoms with Crippen molar-refractivity contribution in [1.82, 2.24) is 34.5 Å². The third-order valence-electron chi connectivity index (χ3n) is 4.93. The fourth-order valence-electron chi connectivity index (χ4n) is 3.20. The molecular weight excluding hydrogens is 344 g/mol. The van der Waals surface area contributed by atoms with E-state index in [0.717, 1.165) is 30.4 Å². The Kier molecular flexibility index (Phi) is 3.90. The highest BCUT2D eigenvalue weighted by molar-refractivity contribution is 5.94. The van der Waals surface area contributed by atoms with Crippen LogP contribution in [0.3, 0.4) is 0 Å². The second-order valence-electron chi connectivity index (χ2n) is 8.11. The second kappa shape index (κ2) is 6.04. The first kappa shape index (κ1) is 17.4. The summed E-state index contributed by atoms with van der Waals surface area (Å²) in [5.74, 6) is 1.69. The number of likely N-dealkylation sites (N-methyl/N-ethyl adjacent to an activating group) is 1. The summed E-state index contributed by atoms with van der Waals surface area (Å²) in [6.45, 7) is 7.77. The fourth-order valence-corrected chi connectivity index (χ4v) is 3.20. The minimum atomic E-state index is -0.140. The lowest BCUT2D eigenvalue weighted by Crippen LogP contribution is -2.60. The molecule has 0 saturated carbocycles. The molecule has 4 rings (SSSR count). The zero-order chi connectivity index (χ0) is 19.3. The van der Waals surface area contributed by atoms with Crippen LogP contribution in [0.25, 0.3) is 5.65 Å². The minimum Gasteiger partial charge on any atom is -0.351 e. The first-order valence-corrected chi connectivity index (χ1v) is 8.98. The summed E-state index contributed by atoms with van der Waals surface area (Å²) in [4.78, 5) is 16.5.